The van der Waals surface area contributed by atoms with Crippen molar-refractivity contribution >= 4 is 11.9 Å². The number of hydrogen-bond acceptors (Lipinski definition) is 7. The summed E-state index contributed by atoms with van der Waals surface area (Å²) in [5, 5.41) is 20.8. The summed E-state index contributed by atoms with van der Waals surface area (Å²) >= 11 is 0. The summed E-state index contributed by atoms with van der Waals surface area (Å²) in [6.45, 7) is 0.767. The van der Waals surface area contributed by atoms with Crippen molar-refractivity contribution in [1.82, 2.24) is 4.90 Å². The second-order valence-electron chi connectivity index (χ2n) is 8.38. The Morgan fingerprint density at radius 3 is 2.87 bits per heavy atom. The normalized spacial score (nSPS) is 33.5. The number of hydrogen-bond donors (Lipinski definition) is 2. The molecule has 1 aromatic rings. The summed E-state index contributed by atoms with van der Waals surface area (Å²) in [7, 11) is 3.59. The van der Waals surface area contributed by atoms with Crippen LogP contribution in [0.25, 0.3) is 0 Å². The molecule has 4 aliphatic rings. The average molecular weight is 413 g/mol. The minimum atomic E-state index is -1.23. The van der Waals surface area contributed by atoms with Gasteiger partial charge in [0.2, 0.25) is 0 Å². The molecule has 2 N–H and O–H groups in total. The third-order valence-corrected chi connectivity index (χ3v) is 7.14. The molecule has 0 unspecified atom stereocenters. The van der Waals surface area contributed by atoms with Crippen LogP contribution in [0.15, 0.2) is 36.1 Å². The predicted molar refractivity (Wildman–Crippen MR) is 104 cm³/mol. The maximum atomic E-state index is 12.2. The largest absolute Gasteiger partial charge is 0.493 e. The molecule has 1 aromatic carbocycles. The quantitative estimate of drug-likeness (QED) is 0.560. The number of likely N-dealkylation sites (tertiary alicyclic amines) is 1. The molecule has 0 saturated carbocycles. The number of carbonyl (C=O) groups excluding carboxylic acids is 1. The lowest BCUT2D eigenvalue weighted by Crippen LogP contribution is -2.74. The number of carbonyl (C=O) groups is 2. The number of ether oxygens (including phenoxy) is 3. The SMILES string of the molecule is COc1ccc2c3c1O[C@H]1C(OC(=O)C=CC(=O)O)=CC[C@@]4(O)[C@@H](C2)N(C)CC[C@]314. The van der Waals surface area contributed by atoms with Crippen molar-refractivity contribution in [3.05, 3.63) is 47.2 Å². The molecule has 2 bridgehead atoms. The first-order valence-electron chi connectivity index (χ1n) is 9.94. The number of aliphatic hydroxyl groups is 1. The van der Waals surface area contributed by atoms with Gasteiger partial charge < -0.3 is 29.3 Å². The molecule has 0 radical (unpaired) electrons. The molecule has 0 amide bonds. The van der Waals surface area contributed by atoms with E-state index in [-0.39, 0.29) is 6.04 Å². The predicted octanol–water partition coefficient (Wildman–Crippen LogP) is 1.16. The molecule has 30 heavy (non-hydrogen) atoms. The van der Waals surface area contributed by atoms with Gasteiger partial charge in [0.15, 0.2) is 17.6 Å². The molecule has 1 fully saturated rings. The van der Waals surface area contributed by atoms with Crippen LogP contribution in [0.5, 0.6) is 11.5 Å². The number of benzene rings is 1. The lowest BCUT2D eigenvalue weighted by Gasteiger charge is -2.61. The van der Waals surface area contributed by atoms with Crippen molar-refractivity contribution in [1.29, 1.82) is 0 Å². The van der Waals surface area contributed by atoms with Crippen molar-refractivity contribution in [2.75, 3.05) is 20.7 Å². The topological polar surface area (TPSA) is 106 Å². The molecule has 4 atom stereocenters. The minimum absolute atomic E-state index is 0.0930. The molecule has 5 rings (SSSR count). The van der Waals surface area contributed by atoms with Crippen LogP contribution < -0.4 is 9.47 Å². The summed E-state index contributed by atoms with van der Waals surface area (Å²) in [5.41, 5.74) is 0.208. The van der Waals surface area contributed by atoms with Crippen molar-refractivity contribution in [2.45, 2.75) is 42.4 Å². The standard InChI is InChI=1S/C22H23NO7/c1-23-10-9-21-18-12-3-4-13(28-2)19(18)30-20(21)14(29-17(26)6-5-16(24)25)7-8-22(21,27)15(23)11-12/h3-7,15,20,27H,8-11H2,1-2H3,(H,24,25)/t15-,20+,21+,22-/m1/s1. The van der Waals surface area contributed by atoms with E-state index >= 15 is 0 Å². The molecule has 158 valence electrons. The van der Waals surface area contributed by atoms with Gasteiger partial charge in [0.05, 0.1) is 18.1 Å². The van der Waals surface area contributed by atoms with Gasteiger partial charge in [0.25, 0.3) is 0 Å². The van der Waals surface area contributed by atoms with Gasteiger partial charge in [0, 0.05) is 30.2 Å². The van der Waals surface area contributed by atoms with E-state index in [4.69, 9.17) is 19.3 Å². The monoisotopic (exact) mass is 413 g/mol. The van der Waals surface area contributed by atoms with Crippen LogP contribution in [0.2, 0.25) is 0 Å². The third kappa shape index (κ3) is 2.29. The van der Waals surface area contributed by atoms with Crippen LogP contribution in [-0.4, -0.2) is 65.5 Å². The maximum absolute atomic E-state index is 12.2. The number of carboxylic acids is 1. The molecular formula is C22H23NO7. The maximum Gasteiger partial charge on any atom is 0.336 e. The first-order valence-corrected chi connectivity index (χ1v) is 9.94. The Labute approximate surface area is 173 Å². The number of piperidine rings is 1. The van der Waals surface area contributed by atoms with E-state index in [0.717, 1.165) is 29.8 Å². The number of methoxy groups -OCH3 is 1. The van der Waals surface area contributed by atoms with Gasteiger partial charge in [-0.15, -0.1) is 0 Å². The Hall–Kier alpha value is -2.84. The third-order valence-electron chi connectivity index (χ3n) is 7.14. The van der Waals surface area contributed by atoms with Gasteiger partial charge in [-0.3, -0.25) is 0 Å². The molecule has 8 nitrogen and oxygen atoms in total. The van der Waals surface area contributed by atoms with Gasteiger partial charge in [0.1, 0.15) is 5.76 Å². The van der Waals surface area contributed by atoms with Crippen molar-refractivity contribution in [3.8, 4) is 11.5 Å². The van der Waals surface area contributed by atoms with E-state index in [1.54, 1.807) is 13.2 Å². The molecule has 2 aliphatic heterocycles. The van der Waals surface area contributed by atoms with Crippen LogP contribution in [0.4, 0.5) is 0 Å². The first kappa shape index (κ1) is 19.1. The van der Waals surface area contributed by atoms with Crippen molar-refractivity contribution in [2.24, 2.45) is 0 Å². The van der Waals surface area contributed by atoms with Crippen LogP contribution in [0.1, 0.15) is 24.0 Å². The molecule has 2 heterocycles. The second-order valence-corrected chi connectivity index (χ2v) is 8.38. The average Bonchev–Trinajstić information content (AvgIpc) is 3.06. The zero-order chi connectivity index (χ0) is 21.3. The molecule has 1 saturated heterocycles. The number of rotatable bonds is 4. The Morgan fingerprint density at radius 2 is 2.13 bits per heavy atom. The Balaban J connectivity index is 1.64. The molecule has 0 aromatic heterocycles. The van der Waals surface area contributed by atoms with Gasteiger partial charge in [-0.25, -0.2) is 9.59 Å². The smallest absolute Gasteiger partial charge is 0.336 e. The Kier molecular flexibility index (Phi) is 4.04. The Bertz CT molecular complexity index is 1010. The highest BCUT2D eigenvalue weighted by Crippen LogP contribution is 2.65. The highest BCUT2D eigenvalue weighted by molar-refractivity contribution is 5.91. The van der Waals surface area contributed by atoms with Gasteiger partial charge in [-0.2, -0.15) is 0 Å². The number of nitrogens with zero attached hydrogens (tertiary/aromatic N) is 1. The van der Waals surface area contributed by atoms with Crippen molar-refractivity contribution < 1.29 is 34.0 Å². The van der Waals surface area contributed by atoms with Gasteiger partial charge in [-0.05, 0) is 44.1 Å². The van der Waals surface area contributed by atoms with Crippen LogP contribution >= 0.6 is 0 Å². The summed E-state index contributed by atoms with van der Waals surface area (Å²) < 4.78 is 17.4. The van der Waals surface area contributed by atoms with E-state index in [1.807, 2.05) is 19.2 Å². The summed E-state index contributed by atoms with van der Waals surface area (Å²) in [4.78, 5) is 25.1. The molecule has 8 heteroatoms. The van der Waals surface area contributed by atoms with Gasteiger partial charge >= 0.3 is 11.9 Å². The van der Waals surface area contributed by atoms with Crippen molar-refractivity contribution in [3.63, 3.8) is 0 Å². The number of carboxylic acid groups (broad SMARTS) is 1. The van der Waals surface area contributed by atoms with Gasteiger partial charge in [-0.1, -0.05) is 6.07 Å². The van der Waals surface area contributed by atoms with Crippen LogP contribution in [0.3, 0.4) is 0 Å². The highest BCUT2D eigenvalue weighted by atomic mass is 16.6. The number of esters is 1. The Morgan fingerprint density at radius 1 is 1.33 bits per heavy atom. The van der Waals surface area contributed by atoms with Crippen LogP contribution in [-0.2, 0) is 26.2 Å². The highest BCUT2D eigenvalue weighted by Gasteiger charge is 2.72. The fourth-order valence-electron chi connectivity index (χ4n) is 5.88. The van der Waals surface area contributed by atoms with E-state index in [0.29, 0.717) is 36.5 Å². The lowest BCUT2D eigenvalue weighted by molar-refractivity contribution is -0.168. The fraction of sp³-hybridized carbons (Fsp3) is 0.455. The zero-order valence-electron chi connectivity index (χ0n) is 16.8. The molecular weight excluding hydrogens is 390 g/mol. The lowest BCUT2D eigenvalue weighted by atomic mass is 9.50. The second kappa shape index (κ2) is 6.33. The van der Waals surface area contributed by atoms with E-state index in [9.17, 15) is 14.7 Å². The van der Waals surface area contributed by atoms with E-state index < -0.39 is 29.1 Å². The van der Waals surface area contributed by atoms with Crippen LogP contribution in [0, 0.1) is 0 Å². The first-order chi connectivity index (χ1) is 14.3. The molecule has 1 spiro atoms. The summed E-state index contributed by atoms with van der Waals surface area (Å²) in [6.07, 6.45) is 4.25. The van der Waals surface area contributed by atoms with E-state index in [1.165, 1.54) is 0 Å². The fourth-order valence-corrected chi connectivity index (χ4v) is 5.88. The summed E-state index contributed by atoms with van der Waals surface area (Å²) in [5.74, 6) is -0.561. The molecule has 2 aliphatic carbocycles. The summed E-state index contributed by atoms with van der Waals surface area (Å²) in [6, 6.07) is 3.80. The van der Waals surface area contributed by atoms with E-state index in [2.05, 4.69) is 4.90 Å². The number of likely N-dealkylation sites (N-methyl/N-ethyl adjacent to an activating group) is 1. The zero-order valence-corrected chi connectivity index (χ0v) is 16.8. The minimum Gasteiger partial charge on any atom is -0.493 e. The number of aliphatic carboxylic acids is 1.